The molecule has 2 N–H and O–H groups in total. The number of hydrogen-bond acceptors (Lipinski definition) is 2. The summed E-state index contributed by atoms with van der Waals surface area (Å²) in [6.45, 7) is 10.7. The molecule has 0 saturated heterocycles. The van der Waals surface area contributed by atoms with Crippen molar-refractivity contribution in [3.63, 3.8) is 0 Å². The van der Waals surface area contributed by atoms with E-state index in [9.17, 15) is 5.26 Å². The van der Waals surface area contributed by atoms with E-state index in [0.29, 0.717) is 17.8 Å². The molecule has 1 aliphatic carbocycles. The number of aryl methyl sites for hydroxylation is 1. The van der Waals surface area contributed by atoms with Crippen molar-refractivity contribution in [1.82, 2.24) is 0 Å². The van der Waals surface area contributed by atoms with Gasteiger partial charge in [0.25, 0.3) is 0 Å². The van der Waals surface area contributed by atoms with Crippen LogP contribution in [0.5, 0.6) is 0 Å². The molecule has 0 aromatic heterocycles. The monoisotopic (exact) mass is 322 g/mol. The number of nitrogens with zero attached hydrogens (tertiary/aromatic N) is 1. The highest BCUT2D eigenvalue weighted by Crippen LogP contribution is 2.41. The third-order valence-corrected chi connectivity index (χ3v) is 5.66. The number of rotatable bonds is 5. The Morgan fingerprint density at radius 3 is 2.58 bits per heavy atom. The van der Waals surface area contributed by atoms with Gasteiger partial charge in [-0.05, 0) is 43.1 Å². The van der Waals surface area contributed by atoms with Crippen molar-refractivity contribution in [3.05, 3.63) is 53.6 Å². The zero-order chi connectivity index (χ0) is 17.7. The fourth-order valence-corrected chi connectivity index (χ4v) is 3.96. The largest absolute Gasteiger partial charge is 0.326 e. The second-order valence-corrected chi connectivity index (χ2v) is 7.36. The summed E-state index contributed by atoms with van der Waals surface area (Å²) in [6.07, 6.45) is 7.31. The summed E-state index contributed by atoms with van der Waals surface area (Å²) in [5.74, 6) is 1.30. The molecule has 128 valence electrons. The van der Waals surface area contributed by atoms with Crippen molar-refractivity contribution in [2.45, 2.75) is 46.1 Å². The van der Waals surface area contributed by atoms with E-state index in [1.807, 2.05) is 0 Å². The second-order valence-electron chi connectivity index (χ2n) is 7.36. The molecular weight excluding hydrogens is 292 g/mol. The van der Waals surface area contributed by atoms with Gasteiger partial charge in [-0.15, -0.1) is 0 Å². The van der Waals surface area contributed by atoms with Gasteiger partial charge in [0.15, 0.2) is 0 Å². The van der Waals surface area contributed by atoms with Crippen molar-refractivity contribution in [2.75, 3.05) is 0 Å². The molecule has 0 radical (unpaired) electrons. The molecule has 1 aromatic carbocycles. The van der Waals surface area contributed by atoms with Gasteiger partial charge < -0.3 is 5.73 Å². The Balaban J connectivity index is 2.02. The third kappa shape index (κ3) is 4.36. The molecule has 5 atom stereocenters. The summed E-state index contributed by atoms with van der Waals surface area (Å²) in [6, 6.07) is 10.9. The van der Waals surface area contributed by atoms with E-state index in [4.69, 9.17) is 5.73 Å². The summed E-state index contributed by atoms with van der Waals surface area (Å²) in [4.78, 5) is 0. The Labute approximate surface area is 147 Å². The van der Waals surface area contributed by atoms with Crippen LogP contribution in [0.25, 0.3) is 6.08 Å². The Bertz CT molecular complexity index is 620. The first-order valence-electron chi connectivity index (χ1n) is 9.04. The number of nitriles is 1. The third-order valence-electron chi connectivity index (χ3n) is 5.66. The highest BCUT2D eigenvalue weighted by atomic mass is 14.7. The van der Waals surface area contributed by atoms with Crippen molar-refractivity contribution in [3.8, 4) is 6.07 Å². The van der Waals surface area contributed by atoms with E-state index in [2.05, 4.69) is 69.8 Å². The highest BCUT2D eigenvalue weighted by molar-refractivity contribution is 5.52. The molecule has 1 fully saturated rings. The normalized spacial score (nSPS) is 30.2. The Hall–Kier alpha value is -1.85. The molecule has 24 heavy (non-hydrogen) atoms. The maximum Gasteiger partial charge on any atom is 0.0675 e. The van der Waals surface area contributed by atoms with Gasteiger partial charge in [0, 0.05) is 6.04 Å². The van der Waals surface area contributed by atoms with Crippen LogP contribution in [0.2, 0.25) is 0 Å². The van der Waals surface area contributed by atoms with Crippen LogP contribution in [-0.2, 0) is 0 Å². The lowest BCUT2D eigenvalue weighted by atomic mass is 9.64. The number of hydrogen-bond donors (Lipinski definition) is 1. The van der Waals surface area contributed by atoms with Gasteiger partial charge in [0.2, 0.25) is 0 Å². The van der Waals surface area contributed by atoms with Gasteiger partial charge in [-0.2, -0.15) is 5.26 Å². The molecule has 0 spiro atoms. The minimum Gasteiger partial charge on any atom is -0.326 e. The fraction of sp³-hybridized carbons (Fsp3) is 0.500. The highest BCUT2D eigenvalue weighted by Gasteiger charge is 2.40. The van der Waals surface area contributed by atoms with Crippen LogP contribution in [0, 0.1) is 41.9 Å². The predicted octanol–water partition coefficient (Wildman–Crippen LogP) is 5.10. The molecule has 0 amide bonds. The van der Waals surface area contributed by atoms with Crippen LogP contribution < -0.4 is 5.73 Å². The minimum absolute atomic E-state index is 0.0393. The van der Waals surface area contributed by atoms with Crippen LogP contribution in [-0.4, -0.2) is 6.04 Å². The van der Waals surface area contributed by atoms with E-state index in [0.717, 1.165) is 24.8 Å². The first kappa shape index (κ1) is 18.5. The maximum atomic E-state index is 9.51. The molecule has 0 aliphatic heterocycles. The maximum absolute atomic E-state index is 9.51. The lowest BCUT2D eigenvalue weighted by Gasteiger charge is -2.42. The summed E-state index contributed by atoms with van der Waals surface area (Å²) >= 11 is 0. The van der Waals surface area contributed by atoms with Crippen LogP contribution in [0.1, 0.15) is 44.2 Å². The van der Waals surface area contributed by atoms with E-state index in [1.165, 1.54) is 11.1 Å². The summed E-state index contributed by atoms with van der Waals surface area (Å²) in [7, 11) is 0. The number of nitrogens with two attached hydrogens (primary N) is 1. The number of allylic oxidation sites excluding steroid dienone is 2. The lowest BCUT2D eigenvalue weighted by Crippen LogP contribution is -2.47. The first-order chi connectivity index (χ1) is 11.5. The van der Waals surface area contributed by atoms with Crippen LogP contribution >= 0.6 is 0 Å². The average Bonchev–Trinajstić information content (AvgIpc) is 2.57. The molecular formula is C22H30N2. The van der Waals surface area contributed by atoms with Gasteiger partial charge in [-0.3, -0.25) is 0 Å². The van der Waals surface area contributed by atoms with Crippen molar-refractivity contribution in [2.24, 2.45) is 29.4 Å². The van der Waals surface area contributed by atoms with Gasteiger partial charge >= 0.3 is 0 Å². The summed E-state index contributed by atoms with van der Waals surface area (Å²) < 4.78 is 0. The van der Waals surface area contributed by atoms with E-state index in [1.54, 1.807) is 0 Å². The Morgan fingerprint density at radius 2 is 2.00 bits per heavy atom. The summed E-state index contributed by atoms with van der Waals surface area (Å²) in [5, 5.41) is 9.51. The zero-order valence-electron chi connectivity index (χ0n) is 15.2. The molecule has 2 nitrogen and oxygen atoms in total. The molecule has 0 bridgehead atoms. The molecule has 1 saturated carbocycles. The standard InChI is InChI=1S/C22H30N2/c1-5-19-13-20(22(24)21(14-23)17(19)4)12-16(3)8-11-18-9-6-15(2)7-10-18/h6-11,17,19-22H,3,5,12-13,24H2,1-2,4H3/b11-8+. The smallest absolute Gasteiger partial charge is 0.0675 e. The molecule has 2 rings (SSSR count). The van der Waals surface area contributed by atoms with E-state index < -0.39 is 0 Å². The predicted molar refractivity (Wildman–Crippen MR) is 102 cm³/mol. The van der Waals surface area contributed by atoms with Crippen LogP contribution in [0.4, 0.5) is 0 Å². The topological polar surface area (TPSA) is 49.8 Å². The quantitative estimate of drug-likeness (QED) is 0.766. The molecule has 0 heterocycles. The van der Waals surface area contributed by atoms with Gasteiger partial charge in [0.05, 0.1) is 12.0 Å². The zero-order valence-corrected chi connectivity index (χ0v) is 15.2. The molecule has 1 aliphatic rings. The first-order valence-corrected chi connectivity index (χ1v) is 9.04. The Kier molecular flexibility index (Phi) is 6.40. The van der Waals surface area contributed by atoms with Crippen molar-refractivity contribution < 1.29 is 0 Å². The molecule has 5 unspecified atom stereocenters. The average molecular weight is 322 g/mol. The SMILES string of the molecule is C=C(/C=C/c1ccc(C)cc1)CC1CC(CC)C(C)C(C#N)C1N. The van der Waals surface area contributed by atoms with Crippen molar-refractivity contribution in [1.29, 1.82) is 5.26 Å². The lowest BCUT2D eigenvalue weighted by molar-refractivity contribution is 0.120. The minimum atomic E-state index is -0.0441. The van der Waals surface area contributed by atoms with E-state index >= 15 is 0 Å². The fourth-order valence-electron chi connectivity index (χ4n) is 3.96. The van der Waals surface area contributed by atoms with Gasteiger partial charge in [-0.1, -0.05) is 74.4 Å². The molecule has 1 aromatic rings. The van der Waals surface area contributed by atoms with Crippen molar-refractivity contribution >= 4 is 6.08 Å². The summed E-state index contributed by atoms with van der Waals surface area (Å²) in [5.41, 5.74) is 9.97. The second kappa shape index (κ2) is 8.31. The number of benzene rings is 1. The van der Waals surface area contributed by atoms with E-state index in [-0.39, 0.29) is 12.0 Å². The van der Waals surface area contributed by atoms with Crippen LogP contribution in [0.3, 0.4) is 0 Å². The van der Waals surface area contributed by atoms with Crippen LogP contribution in [0.15, 0.2) is 42.5 Å². The van der Waals surface area contributed by atoms with Gasteiger partial charge in [0.1, 0.15) is 0 Å². The molecule has 2 heteroatoms. The van der Waals surface area contributed by atoms with Gasteiger partial charge in [-0.25, -0.2) is 0 Å². The Morgan fingerprint density at radius 1 is 1.33 bits per heavy atom.